The summed E-state index contributed by atoms with van der Waals surface area (Å²) in [5.74, 6) is -2.34. The number of nitro groups is 1. The first-order valence-corrected chi connectivity index (χ1v) is 7.91. The number of ether oxygens (including phenoxy) is 1. The molecular weight excluding hydrogens is 335 g/mol. The Labute approximate surface area is 142 Å². The number of nitro benzene ring substituents is 1. The molecule has 1 aliphatic carbocycles. The largest absolute Gasteiger partial charge is 0.484 e. The van der Waals surface area contributed by atoms with Gasteiger partial charge in [0, 0.05) is 25.2 Å². The summed E-state index contributed by atoms with van der Waals surface area (Å²) >= 11 is 0. The molecule has 25 heavy (non-hydrogen) atoms. The maximum Gasteiger partial charge on any atom is 0.311 e. The summed E-state index contributed by atoms with van der Waals surface area (Å²) in [6, 6.07) is 3.03. The predicted molar refractivity (Wildman–Crippen MR) is 82.5 cm³/mol. The number of amides is 1. The molecule has 1 amide bonds. The second kappa shape index (κ2) is 6.30. The summed E-state index contributed by atoms with van der Waals surface area (Å²) in [5, 5.41) is 20.1. The van der Waals surface area contributed by atoms with Crippen LogP contribution in [-0.4, -0.2) is 46.5 Å². The number of aliphatic carboxylic acids is 1. The number of hydrogen-bond acceptors (Lipinski definition) is 5. The normalized spacial score (nSPS) is 24.8. The van der Waals surface area contributed by atoms with Crippen LogP contribution in [0, 0.1) is 27.3 Å². The van der Waals surface area contributed by atoms with Gasteiger partial charge in [-0.1, -0.05) is 6.42 Å². The summed E-state index contributed by atoms with van der Waals surface area (Å²) in [4.78, 5) is 35.1. The third kappa shape index (κ3) is 3.01. The van der Waals surface area contributed by atoms with E-state index < -0.39 is 27.8 Å². The van der Waals surface area contributed by atoms with Crippen molar-refractivity contribution in [3.05, 3.63) is 34.1 Å². The van der Waals surface area contributed by atoms with Crippen LogP contribution in [0.15, 0.2) is 18.2 Å². The average molecular weight is 352 g/mol. The molecule has 1 saturated heterocycles. The molecule has 0 radical (unpaired) electrons. The van der Waals surface area contributed by atoms with Crippen molar-refractivity contribution in [2.24, 2.45) is 11.3 Å². The molecule has 9 heteroatoms. The summed E-state index contributed by atoms with van der Waals surface area (Å²) in [5.41, 5.74) is -1.54. The topological polar surface area (TPSA) is 110 Å². The average Bonchev–Trinajstić information content (AvgIpc) is 3.10. The number of carboxylic acid groups (broad SMARTS) is 1. The number of benzene rings is 1. The molecule has 1 aromatic carbocycles. The van der Waals surface area contributed by atoms with Crippen molar-refractivity contribution < 1.29 is 28.7 Å². The fourth-order valence-corrected chi connectivity index (χ4v) is 3.79. The lowest BCUT2D eigenvalue weighted by atomic mass is 9.81. The van der Waals surface area contributed by atoms with Gasteiger partial charge in [-0.15, -0.1) is 0 Å². The van der Waals surface area contributed by atoms with E-state index in [9.17, 15) is 29.2 Å². The maximum atomic E-state index is 13.5. The highest BCUT2D eigenvalue weighted by Crippen LogP contribution is 2.48. The van der Waals surface area contributed by atoms with E-state index in [0.29, 0.717) is 13.0 Å². The van der Waals surface area contributed by atoms with E-state index in [4.69, 9.17) is 4.74 Å². The van der Waals surface area contributed by atoms with E-state index in [1.807, 2.05) is 0 Å². The number of rotatable bonds is 5. The van der Waals surface area contributed by atoms with E-state index >= 15 is 0 Å². The third-order valence-electron chi connectivity index (χ3n) is 5.13. The van der Waals surface area contributed by atoms with Crippen molar-refractivity contribution >= 4 is 17.6 Å². The first kappa shape index (κ1) is 17.1. The van der Waals surface area contributed by atoms with Gasteiger partial charge >= 0.3 is 11.7 Å². The lowest BCUT2D eigenvalue weighted by Crippen LogP contribution is -2.38. The molecule has 1 aromatic rings. The number of hydrogen-bond donors (Lipinski definition) is 1. The van der Waals surface area contributed by atoms with Gasteiger partial charge in [-0.05, 0) is 24.8 Å². The lowest BCUT2D eigenvalue weighted by Gasteiger charge is -2.23. The summed E-state index contributed by atoms with van der Waals surface area (Å²) < 4.78 is 18.7. The third-order valence-corrected chi connectivity index (χ3v) is 5.13. The van der Waals surface area contributed by atoms with Crippen molar-refractivity contribution in [2.75, 3.05) is 19.7 Å². The molecule has 2 aliphatic rings. The molecule has 1 heterocycles. The van der Waals surface area contributed by atoms with Crippen LogP contribution in [0.4, 0.5) is 10.1 Å². The molecule has 0 unspecified atom stereocenters. The van der Waals surface area contributed by atoms with Gasteiger partial charge in [-0.25, -0.2) is 0 Å². The van der Waals surface area contributed by atoms with Gasteiger partial charge in [-0.2, -0.15) is 4.39 Å². The molecule has 1 saturated carbocycles. The Bertz CT molecular complexity index is 739. The Morgan fingerprint density at radius 2 is 2.24 bits per heavy atom. The second-order valence-electron chi connectivity index (χ2n) is 6.48. The fourth-order valence-electron chi connectivity index (χ4n) is 3.79. The monoisotopic (exact) mass is 352 g/mol. The van der Waals surface area contributed by atoms with E-state index in [0.717, 1.165) is 25.0 Å². The van der Waals surface area contributed by atoms with Crippen LogP contribution in [0.5, 0.6) is 5.75 Å². The van der Waals surface area contributed by atoms with Crippen LogP contribution >= 0.6 is 0 Å². The zero-order valence-corrected chi connectivity index (χ0v) is 13.3. The number of nitrogens with zero attached hydrogens (tertiary/aromatic N) is 2. The van der Waals surface area contributed by atoms with Gasteiger partial charge in [0.05, 0.1) is 10.3 Å². The van der Waals surface area contributed by atoms with Gasteiger partial charge in [0.25, 0.3) is 5.91 Å². The van der Waals surface area contributed by atoms with Crippen LogP contribution in [0.25, 0.3) is 0 Å². The van der Waals surface area contributed by atoms with Crippen LogP contribution in [0.1, 0.15) is 19.3 Å². The smallest absolute Gasteiger partial charge is 0.311 e. The fraction of sp³-hybridized carbons (Fsp3) is 0.500. The molecule has 1 aliphatic heterocycles. The molecule has 0 bridgehead atoms. The minimum atomic E-state index is -1.05. The number of halogens is 1. The van der Waals surface area contributed by atoms with Crippen LogP contribution in [0.2, 0.25) is 0 Å². The SMILES string of the molecule is O=C(COc1ccc([N+](=O)[O-])c(F)c1)N1C[C@@H]2CCC[C@@]2(C(=O)O)C1. The number of carbonyl (C=O) groups excluding carboxylic acids is 1. The first-order valence-electron chi connectivity index (χ1n) is 7.91. The first-order chi connectivity index (χ1) is 11.8. The Morgan fingerprint density at radius 3 is 2.84 bits per heavy atom. The van der Waals surface area contributed by atoms with Crippen molar-refractivity contribution in [1.29, 1.82) is 0 Å². The maximum absolute atomic E-state index is 13.5. The molecule has 8 nitrogen and oxygen atoms in total. The predicted octanol–water partition coefficient (Wildman–Crippen LogP) is 1.83. The Hall–Kier alpha value is -2.71. The summed E-state index contributed by atoms with van der Waals surface area (Å²) in [6.45, 7) is 0.159. The number of carbonyl (C=O) groups is 2. The van der Waals surface area contributed by atoms with Gasteiger partial charge in [0.15, 0.2) is 6.61 Å². The molecule has 1 N–H and O–H groups in total. The van der Waals surface area contributed by atoms with Gasteiger partial charge in [0.1, 0.15) is 5.75 Å². The zero-order chi connectivity index (χ0) is 18.2. The van der Waals surface area contributed by atoms with E-state index in [1.54, 1.807) is 0 Å². The lowest BCUT2D eigenvalue weighted by molar-refractivity contribution is -0.387. The summed E-state index contributed by atoms with van der Waals surface area (Å²) in [6.07, 6.45) is 2.19. The molecule has 0 aromatic heterocycles. The minimum absolute atomic E-state index is 0.00351. The van der Waals surface area contributed by atoms with E-state index in [2.05, 4.69) is 0 Å². The number of fused-ring (bicyclic) bond motifs is 1. The molecule has 2 atom stereocenters. The summed E-state index contributed by atoms with van der Waals surface area (Å²) in [7, 11) is 0. The molecule has 0 spiro atoms. The second-order valence-corrected chi connectivity index (χ2v) is 6.48. The molecule has 3 rings (SSSR count). The highest BCUT2D eigenvalue weighted by molar-refractivity contribution is 5.82. The van der Waals surface area contributed by atoms with E-state index in [1.165, 1.54) is 11.0 Å². The zero-order valence-electron chi connectivity index (χ0n) is 13.3. The van der Waals surface area contributed by atoms with Gasteiger partial charge in [0.2, 0.25) is 5.82 Å². The standard InChI is InChI=1S/C16H17FN2O6/c17-12-6-11(3-4-13(12)19(23)24)25-8-14(20)18-7-10-2-1-5-16(10,9-18)15(21)22/h3-4,6,10H,1-2,5,7-9H2,(H,21,22)/t10-,16+/m0/s1. The van der Waals surface area contributed by atoms with Gasteiger partial charge < -0.3 is 14.7 Å². The molecule has 134 valence electrons. The Kier molecular flexibility index (Phi) is 4.32. The van der Waals surface area contributed by atoms with Crippen LogP contribution in [0.3, 0.4) is 0 Å². The van der Waals surface area contributed by atoms with Gasteiger partial charge in [-0.3, -0.25) is 19.7 Å². The number of likely N-dealkylation sites (tertiary alicyclic amines) is 1. The quantitative estimate of drug-likeness (QED) is 0.639. The van der Waals surface area contributed by atoms with E-state index in [-0.39, 0.29) is 30.7 Å². The highest BCUT2D eigenvalue weighted by atomic mass is 19.1. The highest BCUT2D eigenvalue weighted by Gasteiger charge is 2.55. The van der Waals surface area contributed by atoms with Crippen molar-refractivity contribution in [1.82, 2.24) is 4.90 Å². The minimum Gasteiger partial charge on any atom is -0.484 e. The van der Waals surface area contributed by atoms with Crippen LogP contribution < -0.4 is 4.74 Å². The van der Waals surface area contributed by atoms with Crippen molar-refractivity contribution in [3.63, 3.8) is 0 Å². The van der Waals surface area contributed by atoms with Crippen LogP contribution in [-0.2, 0) is 9.59 Å². The van der Waals surface area contributed by atoms with Crippen molar-refractivity contribution in [3.8, 4) is 5.75 Å². The Balaban J connectivity index is 1.61. The van der Waals surface area contributed by atoms with Crippen molar-refractivity contribution in [2.45, 2.75) is 19.3 Å². The Morgan fingerprint density at radius 1 is 1.48 bits per heavy atom. The number of carboxylic acids is 1. The molecular formula is C16H17FN2O6. The molecule has 2 fully saturated rings.